The molecule has 0 aromatic carbocycles. The highest BCUT2D eigenvalue weighted by Crippen LogP contribution is 1.89. The number of hydrogen-bond acceptors (Lipinski definition) is 3. The highest BCUT2D eigenvalue weighted by atomic mass is 16.4. The number of carboxylic acid groups (broad SMARTS) is 1. The summed E-state index contributed by atoms with van der Waals surface area (Å²) in [4.78, 5) is 25.0. The van der Waals surface area contributed by atoms with Crippen molar-refractivity contribution in [2.75, 3.05) is 6.54 Å². The van der Waals surface area contributed by atoms with Crippen LogP contribution < -0.4 is 5.32 Å². The van der Waals surface area contributed by atoms with Gasteiger partial charge in [-0.15, -0.1) is 0 Å². The van der Waals surface area contributed by atoms with Gasteiger partial charge in [-0.05, 0) is 0 Å². The molecule has 1 amide bonds. The predicted molar refractivity (Wildman–Crippen MR) is 47.5 cm³/mol. The van der Waals surface area contributed by atoms with E-state index in [1.165, 1.54) is 0 Å². The summed E-state index contributed by atoms with van der Waals surface area (Å²) in [5, 5.41) is 10.6. The second-order valence-electron chi connectivity index (χ2n) is 2.72. The molecular formula is C8H11N3O3. The Labute approximate surface area is 80.6 Å². The lowest BCUT2D eigenvalue weighted by Gasteiger charge is -2.02. The lowest BCUT2D eigenvalue weighted by Crippen LogP contribution is -2.29. The van der Waals surface area contributed by atoms with E-state index in [0.29, 0.717) is 6.54 Å². The van der Waals surface area contributed by atoms with E-state index in [1.54, 1.807) is 23.3 Å². The molecule has 0 saturated heterocycles. The average molecular weight is 197 g/mol. The van der Waals surface area contributed by atoms with Crippen molar-refractivity contribution in [1.29, 1.82) is 0 Å². The SMILES string of the molecule is O=C(O)CNC(=O)CCn1ccnc1. The summed E-state index contributed by atoms with van der Waals surface area (Å²) >= 11 is 0. The second-order valence-corrected chi connectivity index (χ2v) is 2.72. The van der Waals surface area contributed by atoms with E-state index >= 15 is 0 Å². The number of rotatable bonds is 5. The Morgan fingerprint density at radius 3 is 2.86 bits per heavy atom. The topological polar surface area (TPSA) is 84.2 Å². The summed E-state index contributed by atoms with van der Waals surface area (Å²) in [5.41, 5.74) is 0. The smallest absolute Gasteiger partial charge is 0.322 e. The van der Waals surface area contributed by atoms with Crippen molar-refractivity contribution in [3.8, 4) is 0 Å². The van der Waals surface area contributed by atoms with Crippen molar-refractivity contribution >= 4 is 11.9 Å². The van der Waals surface area contributed by atoms with Gasteiger partial charge in [-0.3, -0.25) is 9.59 Å². The largest absolute Gasteiger partial charge is 0.480 e. The molecule has 1 aromatic rings. The van der Waals surface area contributed by atoms with Gasteiger partial charge in [0, 0.05) is 25.4 Å². The number of amides is 1. The molecule has 0 radical (unpaired) electrons. The van der Waals surface area contributed by atoms with Gasteiger partial charge in [0.15, 0.2) is 0 Å². The van der Waals surface area contributed by atoms with Crippen molar-refractivity contribution in [2.24, 2.45) is 0 Å². The van der Waals surface area contributed by atoms with Crippen LogP contribution in [0.5, 0.6) is 0 Å². The maximum atomic E-state index is 11.0. The van der Waals surface area contributed by atoms with Gasteiger partial charge < -0.3 is 15.0 Å². The highest BCUT2D eigenvalue weighted by Gasteiger charge is 2.03. The number of nitrogens with one attached hydrogen (secondary N) is 1. The van der Waals surface area contributed by atoms with Crippen molar-refractivity contribution in [1.82, 2.24) is 14.9 Å². The zero-order valence-electron chi connectivity index (χ0n) is 7.51. The van der Waals surface area contributed by atoms with Crippen LogP contribution in [0.25, 0.3) is 0 Å². The molecule has 0 aliphatic carbocycles. The number of carbonyl (C=O) groups excluding carboxylic acids is 1. The minimum atomic E-state index is -1.04. The lowest BCUT2D eigenvalue weighted by molar-refractivity contribution is -0.137. The minimum absolute atomic E-state index is 0.254. The number of hydrogen-bond donors (Lipinski definition) is 2. The van der Waals surface area contributed by atoms with E-state index < -0.39 is 5.97 Å². The number of nitrogens with zero attached hydrogens (tertiary/aromatic N) is 2. The van der Waals surface area contributed by atoms with Gasteiger partial charge in [0.2, 0.25) is 5.91 Å². The molecule has 2 N–H and O–H groups in total. The third-order valence-corrected chi connectivity index (χ3v) is 1.59. The fourth-order valence-corrected chi connectivity index (χ4v) is 0.912. The molecule has 1 rings (SSSR count). The van der Waals surface area contributed by atoms with Gasteiger partial charge in [0.25, 0.3) is 0 Å². The predicted octanol–water partition coefficient (Wildman–Crippen LogP) is -0.526. The normalized spacial score (nSPS) is 9.71. The summed E-state index contributed by atoms with van der Waals surface area (Å²) in [7, 11) is 0. The fraction of sp³-hybridized carbons (Fsp3) is 0.375. The number of aliphatic carboxylic acids is 1. The van der Waals surface area contributed by atoms with Crippen LogP contribution >= 0.6 is 0 Å². The van der Waals surface area contributed by atoms with Gasteiger partial charge in [0.1, 0.15) is 6.54 Å². The molecular weight excluding hydrogens is 186 g/mol. The first-order valence-electron chi connectivity index (χ1n) is 4.12. The Bertz CT molecular complexity index is 308. The molecule has 0 atom stereocenters. The Morgan fingerprint density at radius 1 is 1.50 bits per heavy atom. The minimum Gasteiger partial charge on any atom is -0.480 e. The zero-order chi connectivity index (χ0) is 10.4. The summed E-state index contributed by atoms with van der Waals surface area (Å²) in [6, 6.07) is 0. The molecule has 76 valence electrons. The number of carbonyl (C=O) groups is 2. The molecule has 6 nitrogen and oxygen atoms in total. The van der Waals surface area contributed by atoms with Crippen molar-refractivity contribution < 1.29 is 14.7 Å². The summed E-state index contributed by atoms with van der Waals surface area (Å²) in [6.45, 7) is 0.175. The van der Waals surface area contributed by atoms with E-state index in [4.69, 9.17) is 5.11 Å². The van der Waals surface area contributed by atoms with E-state index in [2.05, 4.69) is 10.3 Å². The second kappa shape index (κ2) is 5.00. The van der Waals surface area contributed by atoms with E-state index in [0.717, 1.165) is 0 Å². The third kappa shape index (κ3) is 3.70. The molecule has 0 saturated carbocycles. The van der Waals surface area contributed by atoms with E-state index in [9.17, 15) is 9.59 Å². The van der Waals surface area contributed by atoms with Crippen LogP contribution in [0.1, 0.15) is 6.42 Å². The molecule has 1 heterocycles. The number of imidazole rings is 1. The van der Waals surface area contributed by atoms with Gasteiger partial charge in [0.05, 0.1) is 6.33 Å². The standard InChI is InChI=1S/C8H11N3O3/c12-7(10-5-8(13)14)1-3-11-4-2-9-6-11/h2,4,6H,1,3,5H2,(H,10,12)(H,13,14). The quantitative estimate of drug-likeness (QED) is 0.664. The van der Waals surface area contributed by atoms with E-state index in [-0.39, 0.29) is 18.9 Å². The van der Waals surface area contributed by atoms with Crippen LogP contribution in [0.4, 0.5) is 0 Å². The van der Waals surface area contributed by atoms with Gasteiger partial charge in [-0.1, -0.05) is 0 Å². The van der Waals surface area contributed by atoms with Crippen molar-refractivity contribution in [3.63, 3.8) is 0 Å². The first-order valence-corrected chi connectivity index (χ1v) is 4.12. The van der Waals surface area contributed by atoms with Crippen molar-refractivity contribution in [2.45, 2.75) is 13.0 Å². The monoisotopic (exact) mass is 197 g/mol. The zero-order valence-corrected chi connectivity index (χ0v) is 7.51. The molecule has 0 aliphatic heterocycles. The van der Waals surface area contributed by atoms with E-state index in [1.807, 2.05) is 0 Å². The summed E-state index contributed by atoms with van der Waals surface area (Å²) in [5.74, 6) is -1.32. The first kappa shape index (κ1) is 10.2. The molecule has 0 unspecified atom stereocenters. The molecule has 0 spiro atoms. The number of carboxylic acids is 1. The van der Waals surface area contributed by atoms with Gasteiger partial charge >= 0.3 is 5.97 Å². The van der Waals surface area contributed by atoms with Gasteiger partial charge in [-0.25, -0.2) is 4.98 Å². The molecule has 6 heteroatoms. The Morgan fingerprint density at radius 2 is 2.29 bits per heavy atom. The summed E-state index contributed by atoms with van der Waals surface area (Å²) in [6.07, 6.45) is 5.22. The number of aromatic nitrogens is 2. The summed E-state index contributed by atoms with van der Waals surface area (Å²) < 4.78 is 1.75. The van der Waals surface area contributed by atoms with Crippen LogP contribution in [0, 0.1) is 0 Å². The molecule has 0 aliphatic rings. The number of aryl methyl sites for hydroxylation is 1. The van der Waals surface area contributed by atoms with Gasteiger partial charge in [-0.2, -0.15) is 0 Å². The van der Waals surface area contributed by atoms with Crippen LogP contribution in [-0.4, -0.2) is 33.1 Å². The fourth-order valence-electron chi connectivity index (χ4n) is 0.912. The van der Waals surface area contributed by atoms with Crippen LogP contribution in [0.2, 0.25) is 0 Å². The highest BCUT2D eigenvalue weighted by molar-refractivity contribution is 5.80. The van der Waals surface area contributed by atoms with Crippen LogP contribution in [0.15, 0.2) is 18.7 Å². The average Bonchev–Trinajstić information content (AvgIpc) is 2.63. The maximum Gasteiger partial charge on any atom is 0.322 e. The Balaban J connectivity index is 2.18. The van der Waals surface area contributed by atoms with Crippen molar-refractivity contribution in [3.05, 3.63) is 18.7 Å². The van der Waals surface area contributed by atoms with Crippen LogP contribution in [0.3, 0.4) is 0 Å². The molecule has 0 bridgehead atoms. The van der Waals surface area contributed by atoms with Crippen LogP contribution in [-0.2, 0) is 16.1 Å². The Hall–Kier alpha value is -1.85. The molecule has 14 heavy (non-hydrogen) atoms. The maximum absolute atomic E-state index is 11.0. The lowest BCUT2D eigenvalue weighted by atomic mass is 10.4. The molecule has 0 fully saturated rings. The molecule has 1 aromatic heterocycles. The Kier molecular flexibility index (Phi) is 3.66. The first-order chi connectivity index (χ1) is 6.68. The third-order valence-electron chi connectivity index (χ3n) is 1.59.